The fourth-order valence-corrected chi connectivity index (χ4v) is 8.93. The quantitative estimate of drug-likeness (QED) is 0.242. The number of aliphatic hydroxyl groups excluding tert-OH is 1. The Hall–Kier alpha value is -3.00. The van der Waals surface area contributed by atoms with Crippen LogP contribution in [0.3, 0.4) is 0 Å². The number of hydrogen-bond donors (Lipinski definition) is 2. The Morgan fingerprint density at radius 3 is 2.41 bits per heavy atom. The highest BCUT2D eigenvalue weighted by Gasteiger charge is 2.50. The number of carbonyl (C=O) groups is 3. The van der Waals surface area contributed by atoms with Crippen molar-refractivity contribution in [2.24, 2.45) is 29.6 Å². The van der Waals surface area contributed by atoms with Crippen molar-refractivity contribution in [2.45, 2.75) is 135 Å². The van der Waals surface area contributed by atoms with Gasteiger partial charge in [-0.2, -0.15) is 0 Å². The Labute approximate surface area is 321 Å². The highest BCUT2D eigenvalue weighted by atomic mass is 16.7. The van der Waals surface area contributed by atoms with Crippen molar-refractivity contribution < 1.29 is 48.3 Å². The number of fused-ring (bicyclic) bond motifs is 1. The number of Topliss-reactive ketones (excluding diaryl/α,β-unsaturated/α-hetero) is 1. The Morgan fingerprint density at radius 2 is 1.76 bits per heavy atom. The lowest BCUT2D eigenvalue weighted by Crippen LogP contribution is -2.59. The molecule has 2 saturated heterocycles. The van der Waals surface area contributed by atoms with Gasteiger partial charge in [-0.05, 0) is 104 Å². The predicted octanol–water partition coefficient (Wildman–Crippen LogP) is 5.59. The summed E-state index contributed by atoms with van der Waals surface area (Å²) in [5.41, 5.74) is -1.47. The van der Waals surface area contributed by atoms with E-state index in [0.717, 1.165) is 10.9 Å². The highest BCUT2D eigenvalue weighted by Crippen LogP contribution is 2.41. The molecule has 0 spiro atoms. The zero-order valence-corrected chi connectivity index (χ0v) is 34.1. The predicted molar refractivity (Wildman–Crippen MR) is 205 cm³/mol. The third-order valence-electron chi connectivity index (χ3n) is 12.0. The number of pyridine rings is 1. The van der Waals surface area contributed by atoms with Crippen LogP contribution in [0, 0.1) is 29.6 Å². The molecule has 12 heteroatoms. The van der Waals surface area contributed by atoms with Crippen LogP contribution in [-0.2, 0) is 33.3 Å². The van der Waals surface area contributed by atoms with E-state index in [1.165, 1.54) is 13.1 Å². The summed E-state index contributed by atoms with van der Waals surface area (Å²) >= 11 is 0. The van der Waals surface area contributed by atoms with Gasteiger partial charge in [0, 0.05) is 30.7 Å². The van der Waals surface area contributed by atoms with Crippen molar-refractivity contribution in [1.29, 1.82) is 0 Å². The number of nitrogens with zero attached hydrogens (tertiary/aromatic N) is 2. The van der Waals surface area contributed by atoms with Crippen LogP contribution in [0.1, 0.15) is 97.9 Å². The van der Waals surface area contributed by atoms with Crippen molar-refractivity contribution in [1.82, 2.24) is 9.88 Å². The van der Waals surface area contributed by atoms with Crippen LogP contribution in [0.25, 0.3) is 10.9 Å². The van der Waals surface area contributed by atoms with Crippen LogP contribution in [0.2, 0.25) is 0 Å². The number of likely N-dealkylation sites (N-methyl/N-ethyl adjacent to an activating group) is 1. The molecule has 2 fully saturated rings. The molecule has 1 aromatic heterocycles. The van der Waals surface area contributed by atoms with Gasteiger partial charge in [0.1, 0.15) is 23.7 Å². The number of esters is 2. The van der Waals surface area contributed by atoms with Crippen molar-refractivity contribution in [3.8, 4) is 0 Å². The van der Waals surface area contributed by atoms with E-state index in [0.29, 0.717) is 37.7 Å². The zero-order chi connectivity index (χ0) is 40.1. The molecular formula is C42H64N2O10. The van der Waals surface area contributed by atoms with E-state index in [-0.39, 0.29) is 30.6 Å². The SMILES string of the molecule is CC[C@H]1OC(=O)C(C)C(=O)[C@@H](C)[C@@H](O[C@@H]2O[C@H](C)C[C@H](N(C)C)[C@H]2O)[C@](C)(OC)C[C@@H](C)CC(C)[C@H](CCOC(=O)c2cnc3ccccc3c2)[C@]1(C)O. The molecule has 3 heterocycles. The maximum atomic E-state index is 14.2. The van der Waals surface area contributed by atoms with E-state index < -0.39 is 71.3 Å². The Kier molecular flexibility index (Phi) is 14.8. The van der Waals surface area contributed by atoms with Crippen molar-refractivity contribution >= 4 is 28.6 Å². The second-order valence-electron chi connectivity index (χ2n) is 16.6. The first-order valence-corrected chi connectivity index (χ1v) is 19.5. The molecule has 0 amide bonds. The lowest BCUT2D eigenvalue weighted by molar-refractivity contribution is -0.295. The van der Waals surface area contributed by atoms with Crippen LogP contribution in [0.15, 0.2) is 36.5 Å². The van der Waals surface area contributed by atoms with Gasteiger partial charge in [0.2, 0.25) is 0 Å². The molecule has 302 valence electrons. The summed E-state index contributed by atoms with van der Waals surface area (Å²) in [5.74, 6) is -4.31. The molecule has 0 radical (unpaired) electrons. The number of rotatable bonds is 9. The summed E-state index contributed by atoms with van der Waals surface area (Å²) in [5, 5.41) is 24.5. The number of benzene rings is 1. The molecule has 2 aliphatic heterocycles. The van der Waals surface area contributed by atoms with E-state index >= 15 is 0 Å². The molecule has 12 nitrogen and oxygen atoms in total. The third kappa shape index (κ3) is 9.86. The van der Waals surface area contributed by atoms with E-state index in [1.54, 1.807) is 27.0 Å². The first-order valence-electron chi connectivity index (χ1n) is 19.5. The van der Waals surface area contributed by atoms with Gasteiger partial charge in [0.25, 0.3) is 0 Å². The summed E-state index contributed by atoms with van der Waals surface area (Å²) < 4.78 is 30.8. The highest BCUT2D eigenvalue weighted by molar-refractivity contribution is 6.00. The molecule has 54 heavy (non-hydrogen) atoms. The van der Waals surface area contributed by atoms with Crippen molar-refractivity contribution in [2.75, 3.05) is 27.8 Å². The molecule has 2 N–H and O–H groups in total. The molecule has 2 aliphatic rings. The monoisotopic (exact) mass is 756 g/mol. The first kappa shape index (κ1) is 43.7. The minimum absolute atomic E-state index is 0.00323. The summed E-state index contributed by atoms with van der Waals surface area (Å²) in [7, 11) is 5.37. The standard InChI is InChI=1S/C42H64N2O10/c1-12-34-42(8,49)31(17-18-51-39(48)30-21-29-15-13-14-16-32(29)43-23-30)25(3)19-24(2)22-41(7,50-11)37(27(5)35(45)28(6)38(47)53-34)54-40-36(46)33(44(9)10)20-26(4)52-40/h13-16,21,23-28,31,33-34,36-37,40,46,49H,12,17-20,22H2,1-11H3/t24-,25?,26+,27+,28?,31-,33-,34+,36+,37+,40-,41+,42-/m0/s1. The number of cyclic esters (lactones) is 1. The fourth-order valence-electron chi connectivity index (χ4n) is 8.93. The number of methoxy groups -OCH3 is 1. The molecule has 2 unspecified atom stereocenters. The third-order valence-corrected chi connectivity index (χ3v) is 12.0. The fraction of sp³-hybridized carbons (Fsp3) is 0.714. The molecule has 0 saturated carbocycles. The van der Waals surface area contributed by atoms with Crippen molar-refractivity contribution in [3.05, 3.63) is 42.1 Å². The maximum absolute atomic E-state index is 14.2. The molecule has 0 bridgehead atoms. The van der Waals surface area contributed by atoms with E-state index in [9.17, 15) is 24.6 Å². The van der Waals surface area contributed by atoms with Crippen LogP contribution in [-0.4, -0.2) is 114 Å². The van der Waals surface area contributed by atoms with Gasteiger partial charge >= 0.3 is 11.9 Å². The van der Waals surface area contributed by atoms with Gasteiger partial charge in [-0.15, -0.1) is 0 Å². The van der Waals surface area contributed by atoms with Gasteiger partial charge < -0.3 is 38.8 Å². The summed E-state index contributed by atoms with van der Waals surface area (Å²) in [6.45, 7) is 14.7. The molecule has 13 atom stereocenters. The Balaban J connectivity index is 1.64. The van der Waals surface area contributed by atoms with Gasteiger partial charge in [-0.1, -0.05) is 45.9 Å². The van der Waals surface area contributed by atoms with Gasteiger partial charge in [0.15, 0.2) is 12.1 Å². The van der Waals surface area contributed by atoms with Crippen LogP contribution < -0.4 is 0 Å². The van der Waals surface area contributed by atoms with Gasteiger partial charge in [-0.25, -0.2) is 4.79 Å². The largest absolute Gasteiger partial charge is 0.462 e. The zero-order valence-electron chi connectivity index (χ0n) is 34.1. The lowest BCUT2D eigenvalue weighted by Gasteiger charge is -2.47. The molecule has 4 rings (SSSR count). The van der Waals surface area contributed by atoms with Crippen LogP contribution in [0.5, 0.6) is 0 Å². The van der Waals surface area contributed by atoms with E-state index in [4.69, 9.17) is 23.7 Å². The van der Waals surface area contributed by atoms with E-state index in [2.05, 4.69) is 11.9 Å². The Morgan fingerprint density at radius 1 is 1.07 bits per heavy atom. The topological polar surface area (TPSA) is 154 Å². The van der Waals surface area contributed by atoms with E-state index in [1.807, 2.05) is 71.0 Å². The average molecular weight is 757 g/mol. The second kappa shape index (κ2) is 18.3. The lowest BCUT2D eigenvalue weighted by atomic mass is 9.70. The second-order valence-corrected chi connectivity index (χ2v) is 16.6. The molecule has 0 aliphatic carbocycles. The van der Waals surface area contributed by atoms with Crippen LogP contribution in [0.4, 0.5) is 0 Å². The van der Waals surface area contributed by atoms with Crippen LogP contribution >= 0.6 is 0 Å². The number of ether oxygens (including phenoxy) is 5. The van der Waals surface area contributed by atoms with Gasteiger partial charge in [0.05, 0.1) is 35.5 Å². The summed E-state index contributed by atoms with van der Waals surface area (Å²) in [4.78, 5) is 47.4. The summed E-state index contributed by atoms with van der Waals surface area (Å²) in [6, 6.07) is 9.03. The number of para-hydroxylation sites is 1. The first-order chi connectivity index (χ1) is 25.3. The maximum Gasteiger partial charge on any atom is 0.339 e. The molecule has 1 aromatic carbocycles. The molecule has 2 aromatic rings. The number of aromatic nitrogens is 1. The van der Waals surface area contributed by atoms with Crippen molar-refractivity contribution in [3.63, 3.8) is 0 Å². The summed E-state index contributed by atoms with van der Waals surface area (Å²) in [6.07, 6.45) is -0.301. The minimum Gasteiger partial charge on any atom is -0.462 e. The molecular weight excluding hydrogens is 692 g/mol. The van der Waals surface area contributed by atoms with Gasteiger partial charge in [-0.3, -0.25) is 14.6 Å². The number of aliphatic hydroxyl groups is 2. The minimum atomic E-state index is -1.52. The Bertz CT molecular complexity index is 1580. The average Bonchev–Trinajstić information content (AvgIpc) is 3.13. The number of carbonyl (C=O) groups excluding carboxylic acids is 3. The smallest absolute Gasteiger partial charge is 0.339 e. The number of hydrogen-bond acceptors (Lipinski definition) is 12. The normalized spacial score (nSPS) is 37.5. The number of ketones is 1.